The van der Waals surface area contributed by atoms with Crippen molar-refractivity contribution in [1.29, 1.82) is 0 Å². The monoisotopic (exact) mass is 200 g/mol. The Kier molecular flexibility index (Phi) is 2.65. The van der Waals surface area contributed by atoms with Crippen molar-refractivity contribution in [3.05, 3.63) is 40.8 Å². The van der Waals surface area contributed by atoms with E-state index in [-0.39, 0.29) is 5.22 Å². The average Bonchev–Trinajstić information content (AvgIpc) is 2.14. The van der Waals surface area contributed by atoms with Gasteiger partial charge in [-0.25, -0.2) is 8.78 Å². The van der Waals surface area contributed by atoms with Crippen LogP contribution in [0.4, 0.5) is 13.2 Å². The van der Waals surface area contributed by atoms with Crippen molar-refractivity contribution >= 4 is 12.4 Å². The molecule has 0 heterocycles. The predicted molar refractivity (Wildman–Crippen MR) is 47.5 cm³/mol. The number of phenols is 1. The highest BCUT2D eigenvalue weighted by Crippen LogP contribution is 2.12. The Balaban J connectivity index is 3.88. The molecule has 1 nitrogen and oxygen atoms in total. The maximum atomic E-state index is 13.1. The van der Waals surface area contributed by atoms with Crippen LogP contribution in [0, 0.1) is 11.6 Å². The molecule has 4 heteroatoms. The van der Waals surface area contributed by atoms with E-state index in [1.54, 1.807) is 0 Å². The van der Waals surface area contributed by atoms with E-state index >= 15 is 0 Å². The van der Waals surface area contributed by atoms with Gasteiger partial charge in [0.05, 0.1) is 5.22 Å². The number of hydrogen-bond donors (Lipinski definition) is 1. The van der Waals surface area contributed by atoms with E-state index in [2.05, 4.69) is 13.2 Å². The van der Waals surface area contributed by atoms with E-state index in [0.29, 0.717) is 0 Å². The van der Waals surface area contributed by atoms with Crippen molar-refractivity contribution < 1.29 is 18.3 Å². The molecule has 0 aromatic heterocycles. The van der Waals surface area contributed by atoms with Crippen molar-refractivity contribution in [2.45, 2.75) is 0 Å². The molecule has 0 aliphatic rings. The summed E-state index contributed by atoms with van der Waals surface area (Å²) in [6.45, 7) is 6.36. The first-order valence-electron chi connectivity index (χ1n) is 3.67. The molecule has 0 radical (unpaired) electrons. The summed E-state index contributed by atoms with van der Waals surface area (Å²) in [7, 11) is 0. The number of rotatable bonds is 1. The van der Waals surface area contributed by atoms with Gasteiger partial charge in [0.1, 0.15) is 5.83 Å². The van der Waals surface area contributed by atoms with Crippen LogP contribution in [0.25, 0.3) is 12.4 Å². The summed E-state index contributed by atoms with van der Waals surface area (Å²) in [4.78, 5) is 0. The number of benzene rings is 1. The topological polar surface area (TPSA) is 20.2 Å². The van der Waals surface area contributed by atoms with Gasteiger partial charge in [-0.05, 0) is 17.4 Å². The summed E-state index contributed by atoms with van der Waals surface area (Å²) in [6.07, 6.45) is 0.740. The first kappa shape index (κ1) is 10.4. The van der Waals surface area contributed by atoms with Crippen LogP contribution >= 0.6 is 0 Å². The Morgan fingerprint density at radius 2 is 1.93 bits per heavy atom. The highest BCUT2D eigenvalue weighted by molar-refractivity contribution is 5.49. The third-order valence-corrected chi connectivity index (χ3v) is 1.69. The van der Waals surface area contributed by atoms with Crippen LogP contribution in [0.2, 0.25) is 0 Å². The van der Waals surface area contributed by atoms with Crippen LogP contribution in [-0.2, 0) is 0 Å². The zero-order valence-corrected chi connectivity index (χ0v) is 7.15. The Hall–Kier alpha value is -1.71. The van der Waals surface area contributed by atoms with Gasteiger partial charge in [-0.2, -0.15) is 4.39 Å². The van der Waals surface area contributed by atoms with Crippen molar-refractivity contribution in [3.63, 3.8) is 0 Å². The SMILES string of the molecule is C=C/C(F)=c1/c(F)c(F)c(O)cc1=C. The number of halogens is 3. The Labute approximate surface area is 78.1 Å². The third-order valence-electron chi connectivity index (χ3n) is 1.69. The van der Waals surface area contributed by atoms with Gasteiger partial charge in [0, 0.05) is 0 Å². The lowest BCUT2D eigenvalue weighted by molar-refractivity contribution is 0.403. The Morgan fingerprint density at radius 1 is 1.36 bits per heavy atom. The fraction of sp³-hybridized carbons (Fsp3) is 0. The largest absolute Gasteiger partial charge is 0.505 e. The molecule has 1 aromatic carbocycles. The molecule has 1 aromatic rings. The van der Waals surface area contributed by atoms with Gasteiger partial charge >= 0.3 is 0 Å². The summed E-state index contributed by atoms with van der Waals surface area (Å²) in [5.41, 5.74) is 0. The fourth-order valence-electron chi connectivity index (χ4n) is 1.02. The van der Waals surface area contributed by atoms with E-state index in [9.17, 15) is 13.2 Å². The molecule has 0 saturated heterocycles. The minimum Gasteiger partial charge on any atom is -0.505 e. The van der Waals surface area contributed by atoms with Gasteiger partial charge in [0.25, 0.3) is 0 Å². The van der Waals surface area contributed by atoms with Gasteiger partial charge in [0.2, 0.25) is 5.82 Å². The smallest absolute Gasteiger partial charge is 0.201 e. The highest BCUT2D eigenvalue weighted by atomic mass is 19.2. The second-order valence-corrected chi connectivity index (χ2v) is 2.61. The van der Waals surface area contributed by atoms with E-state index in [1.807, 2.05) is 0 Å². The predicted octanol–water partition coefficient (Wildman–Crippen LogP) is 1.34. The van der Waals surface area contributed by atoms with E-state index < -0.39 is 28.4 Å². The molecule has 14 heavy (non-hydrogen) atoms. The van der Waals surface area contributed by atoms with Gasteiger partial charge in [-0.15, -0.1) is 0 Å². The summed E-state index contributed by atoms with van der Waals surface area (Å²) < 4.78 is 38.8. The molecular formula is C10H7F3O. The van der Waals surface area contributed by atoms with E-state index in [4.69, 9.17) is 5.11 Å². The number of allylic oxidation sites excluding steroid dienone is 1. The lowest BCUT2D eigenvalue weighted by atomic mass is 10.2. The van der Waals surface area contributed by atoms with E-state index in [1.165, 1.54) is 0 Å². The van der Waals surface area contributed by atoms with Crippen LogP contribution in [-0.4, -0.2) is 5.11 Å². The van der Waals surface area contributed by atoms with Crippen molar-refractivity contribution in [2.24, 2.45) is 0 Å². The van der Waals surface area contributed by atoms with Crippen molar-refractivity contribution in [2.75, 3.05) is 0 Å². The molecule has 0 fully saturated rings. The molecule has 1 rings (SSSR count). The third kappa shape index (κ3) is 1.51. The molecule has 1 N–H and O–H groups in total. The molecule has 0 aliphatic carbocycles. The first-order valence-corrected chi connectivity index (χ1v) is 3.67. The van der Waals surface area contributed by atoms with Gasteiger partial charge in [0.15, 0.2) is 11.6 Å². The highest BCUT2D eigenvalue weighted by Gasteiger charge is 2.11. The van der Waals surface area contributed by atoms with E-state index in [0.717, 1.165) is 12.1 Å². The van der Waals surface area contributed by atoms with Gasteiger partial charge in [-0.3, -0.25) is 0 Å². The molecule has 0 amide bonds. The summed E-state index contributed by atoms with van der Waals surface area (Å²) >= 11 is 0. The van der Waals surface area contributed by atoms with Gasteiger partial charge < -0.3 is 5.11 Å². The summed E-state index contributed by atoms with van der Waals surface area (Å²) in [5, 5.41) is 8.09. The zero-order valence-electron chi connectivity index (χ0n) is 7.15. The molecule has 0 spiro atoms. The molecular weight excluding hydrogens is 193 g/mol. The number of hydrogen-bond acceptors (Lipinski definition) is 1. The van der Waals surface area contributed by atoms with Crippen LogP contribution in [0.3, 0.4) is 0 Å². The van der Waals surface area contributed by atoms with Crippen LogP contribution in [0.15, 0.2) is 18.7 Å². The summed E-state index contributed by atoms with van der Waals surface area (Å²) in [6, 6.07) is 0.844. The standard InChI is InChI=1S/C10H7F3O/c1-3-6(11)8-5(2)4-7(14)9(12)10(8)13/h3-4,14H,1-2H2/b8-6-. The van der Waals surface area contributed by atoms with Crippen LogP contribution in [0.1, 0.15) is 0 Å². The zero-order chi connectivity index (χ0) is 10.9. The normalized spacial score (nSPS) is 12.5. The molecule has 74 valence electrons. The molecule has 0 bridgehead atoms. The fourth-order valence-corrected chi connectivity index (χ4v) is 1.02. The summed E-state index contributed by atoms with van der Waals surface area (Å²) in [5.74, 6) is -4.88. The lowest BCUT2D eigenvalue weighted by Crippen LogP contribution is -2.29. The average molecular weight is 200 g/mol. The molecule has 0 aliphatic heterocycles. The van der Waals surface area contributed by atoms with Gasteiger partial charge in [-0.1, -0.05) is 13.2 Å². The van der Waals surface area contributed by atoms with Crippen LogP contribution in [0.5, 0.6) is 5.75 Å². The molecule has 0 atom stereocenters. The van der Waals surface area contributed by atoms with Crippen LogP contribution < -0.4 is 10.4 Å². The Morgan fingerprint density at radius 3 is 2.43 bits per heavy atom. The number of phenolic OH excluding ortho intramolecular Hbond substituents is 1. The minimum atomic E-state index is -1.50. The maximum Gasteiger partial charge on any atom is 0.201 e. The van der Waals surface area contributed by atoms with Crippen molar-refractivity contribution in [3.8, 4) is 5.75 Å². The lowest BCUT2D eigenvalue weighted by Gasteiger charge is -1.98. The number of aromatic hydroxyl groups is 1. The quantitative estimate of drug-likeness (QED) is 0.725. The second-order valence-electron chi connectivity index (χ2n) is 2.61. The molecule has 0 saturated carbocycles. The maximum absolute atomic E-state index is 13.1. The Bertz CT molecular complexity index is 491. The van der Waals surface area contributed by atoms with Crippen molar-refractivity contribution in [1.82, 2.24) is 0 Å². The molecule has 0 unspecified atom stereocenters. The first-order chi connectivity index (χ1) is 6.49. The second kappa shape index (κ2) is 3.57. The minimum absolute atomic E-state index is 0.140.